The second-order valence-electron chi connectivity index (χ2n) is 6.23. The first-order chi connectivity index (χ1) is 12.3. The highest BCUT2D eigenvalue weighted by molar-refractivity contribution is 5.66. The molecule has 0 aliphatic carbocycles. The van der Waals surface area contributed by atoms with Crippen LogP contribution in [0.2, 0.25) is 0 Å². The van der Waals surface area contributed by atoms with Gasteiger partial charge in [-0.1, -0.05) is 60.7 Å². The molecule has 1 N–H and O–H groups in total. The van der Waals surface area contributed by atoms with Crippen LogP contribution in [0.1, 0.15) is 11.1 Å². The average molecular weight is 339 g/mol. The van der Waals surface area contributed by atoms with E-state index in [1.54, 1.807) is 5.06 Å². The Kier molecular flexibility index (Phi) is 6.42. The molecule has 1 heterocycles. The molecule has 2 aromatic rings. The first-order valence-corrected chi connectivity index (χ1v) is 8.80. The Hall–Kier alpha value is -2.37. The third-order valence-corrected chi connectivity index (χ3v) is 4.32. The minimum Gasteiger partial charge on any atom is -0.351 e. The molecular formula is C20H25N3O2. The predicted molar refractivity (Wildman–Crippen MR) is 97.9 cm³/mol. The quantitative estimate of drug-likeness (QED) is 0.879. The number of hydroxylamine groups is 2. The van der Waals surface area contributed by atoms with E-state index in [0.717, 1.165) is 39.1 Å². The zero-order valence-corrected chi connectivity index (χ0v) is 14.4. The molecule has 1 amide bonds. The van der Waals surface area contributed by atoms with Crippen molar-refractivity contribution in [2.45, 2.75) is 13.0 Å². The van der Waals surface area contributed by atoms with Crippen LogP contribution in [0.4, 0.5) is 4.79 Å². The Labute approximate surface area is 149 Å². The third kappa shape index (κ3) is 5.89. The number of nitrogens with one attached hydrogen (secondary N) is 1. The van der Waals surface area contributed by atoms with Crippen molar-refractivity contribution >= 4 is 6.09 Å². The van der Waals surface area contributed by atoms with Gasteiger partial charge in [0.05, 0.1) is 0 Å². The van der Waals surface area contributed by atoms with E-state index in [1.165, 1.54) is 11.1 Å². The molecule has 2 aromatic carbocycles. The fourth-order valence-corrected chi connectivity index (χ4v) is 2.92. The van der Waals surface area contributed by atoms with E-state index in [1.807, 2.05) is 24.3 Å². The molecule has 1 saturated heterocycles. The molecule has 1 aliphatic heterocycles. The lowest BCUT2D eigenvalue weighted by Gasteiger charge is -2.33. The lowest BCUT2D eigenvalue weighted by atomic mass is 10.1. The van der Waals surface area contributed by atoms with Gasteiger partial charge in [-0.25, -0.2) is 4.79 Å². The van der Waals surface area contributed by atoms with Crippen LogP contribution in [0.25, 0.3) is 0 Å². The Morgan fingerprint density at radius 3 is 2.12 bits per heavy atom. The molecule has 0 bridgehead atoms. The van der Waals surface area contributed by atoms with Crippen LogP contribution in [-0.4, -0.2) is 48.8 Å². The van der Waals surface area contributed by atoms with Gasteiger partial charge in [-0.05, 0) is 17.5 Å². The molecule has 0 radical (unpaired) electrons. The van der Waals surface area contributed by atoms with E-state index in [-0.39, 0.29) is 6.09 Å². The molecule has 25 heavy (non-hydrogen) atoms. The second kappa shape index (κ2) is 9.20. The van der Waals surface area contributed by atoms with E-state index in [0.29, 0.717) is 6.54 Å². The van der Waals surface area contributed by atoms with Gasteiger partial charge in [0, 0.05) is 39.3 Å². The summed E-state index contributed by atoms with van der Waals surface area (Å²) < 4.78 is 0. The van der Waals surface area contributed by atoms with E-state index < -0.39 is 0 Å². The van der Waals surface area contributed by atoms with Gasteiger partial charge >= 0.3 is 6.09 Å². The molecule has 0 unspecified atom stereocenters. The van der Waals surface area contributed by atoms with Crippen LogP contribution >= 0.6 is 0 Å². The summed E-state index contributed by atoms with van der Waals surface area (Å²) in [6, 6.07) is 20.5. The molecular weight excluding hydrogens is 314 g/mol. The third-order valence-electron chi connectivity index (χ3n) is 4.32. The summed E-state index contributed by atoms with van der Waals surface area (Å²) in [5.74, 6) is 0. The van der Waals surface area contributed by atoms with Crippen molar-refractivity contribution in [1.82, 2.24) is 15.3 Å². The van der Waals surface area contributed by atoms with E-state index >= 15 is 0 Å². The van der Waals surface area contributed by atoms with E-state index in [9.17, 15) is 4.79 Å². The predicted octanol–water partition coefficient (Wildman–Crippen LogP) is 2.69. The SMILES string of the molecule is O=C(NCCc1ccccc1)ON1CCN(Cc2ccccc2)CC1. The van der Waals surface area contributed by atoms with Crippen molar-refractivity contribution in [3.05, 3.63) is 71.8 Å². The van der Waals surface area contributed by atoms with Crippen molar-refractivity contribution in [2.75, 3.05) is 32.7 Å². The van der Waals surface area contributed by atoms with Crippen molar-refractivity contribution in [1.29, 1.82) is 0 Å². The maximum absolute atomic E-state index is 11.9. The van der Waals surface area contributed by atoms with Crippen molar-refractivity contribution in [2.24, 2.45) is 0 Å². The number of rotatable bonds is 6. The molecule has 0 saturated carbocycles. The molecule has 0 atom stereocenters. The van der Waals surface area contributed by atoms with Gasteiger partial charge in [0.1, 0.15) is 0 Å². The Bertz CT molecular complexity index is 641. The first-order valence-electron chi connectivity index (χ1n) is 8.80. The summed E-state index contributed by atoms with van der Waals surface area (Å²) in [5, 5.41) is 4.56. The molecule has 0 spiro atoms. The van der Waals surface area contributed by atoms with Crippen LogP contribution < -0.4 is 5.32 Å². The molecule has 0 aromatic heterocycles. The average Bonchev–Trinajstić information content (AvgIpc) is 2.65. The summed E-state index contributed by atoms with van der Waals surface area (Å²) >= 11 is 0. The number of hydrogen-bond donors (Lipinski definition) is 1. The minimum absolute atomic E-state index is 0.368. The number of carbonyl (C=O) groups excluding carboxylic acids is 1. The number of hydrogen-bond acceptors (Lipinski definition) is 4. The molecule has 5 nitrogen and oxygen atoms in total. The van der Waals surface area contributed by atoms with Gasteiger partial charge in [0.15, 0.2) is 0 Å². The highest BCUT2D eigenvalue weighted by atomic mass is 16.7. The highest BCUT2D eigenvalue weighted by Gasteiger charge is 2.19. The van der Waals surface area contributed by atoms with Gasteiger partial charge in [-0.15, -0.1) is 5.06 Å². The lowest BCUT2D eigenvalue weighted by Crippen LogP contribution is -2.47. The summed E-state index contributed by atoms with van der Waals surface area (Å²) in [6.07, 6.45) is 0.438. The number of piperazine rings is 1. The maximum Gasteiger partial charge on any atom is 0.426 e. The highest BCUT2D eigenvalue weighted by Crippen LogP contribution is 2.08. The largest absolute Gasteiger partial charge is 0.426 e. The van der Waals surface area contributed by atoms with Crippen LogP contribution in [0, 0.1) is 0 Å². The smallest absolute Gasteiger partial charge is 0.351 e. The molecule has 1 aliphatic rings. The van der Waals surface area contributed by atoms with Gasteiger partial charge < -0.3 is 10.2 Å². The molecule has 1 fully saturated rings. The number of carbonyl (C=O) groups is 1. The van der Waals surface area contributed by atoms with Crippen LogP contribution in [0.5, 0.6) is 0 Å². The van der Waals surface area contributed by atoms with Crippen molar-refractivity contribution in [3.8, 4) is 0 Å². The number of nitrogens with zero attached hydrogens (tertiary/aromatic N) is 2. The zero-order chi connectivity index (χ0) is 17.3. The first kappa shape index (κ1) is 17.5. The Morgan fingerprint density at radius 2 is 1.48 bits per heavy atom. The Morgan fingerprint density at radius 1 is 0.880 bits per heavy atom. The van der Waals surface area contributed by atoms with Crippen LogP contribution in [0.15, 0.2) is 60.7 Å². The summed E-state index contributed by atoms with van der Waals surface area (Å²) in [4.78, 5) is 19.6. The van der Waals surface area contributed by atoms with Gasteiger partial charge in [-0.2, -0.15) is 0 Å². The fraction of sp³-hybridized carbons (Fsp3) is 0.350. The van der Waals surface area contributed by atoms with Crippen molar-refractivity contribution in [3.63, 3.8) is 0 Å². The lowest BCUT2D eigenvalue weighted by molar-refractivity contribution is -0.123. The van der Waals surface area contributed by atoms with Gasteiger partial charge in [0.25, 0.3) is 0 Å². The molecule has 5 heteroatoms. The topological polar surface area (TPSA) is 44.8 Å². The van der Waals surface area contributed by atoms with Gasteiger partial charge in [0.2, 0.25) is 0 Å². The number of amides is 1. The standard InChI is InChI=1S/C20H25N3O2/c24-20(21-12-11-18-7-3-1-4-8-18)25-23-15-13-22(14-16-23)17-19-9-5-2-6-10-19/h1-10H,11-17H2,(H,21,24). The summed E-state index contributed by atoms with van der Waals surface area (Å²) in [7, 11) is 0. The normalized spacial score (nSPS) is 15.7. The maximum atomic E-state index is 11.9. The molecule has 3 rings (SSSR count). The summed E-state index contributed by atoms with van der Waals surface area (Å²) in [6.45, 7) is 4.78. The monoisotopic (exact) mass is 339 g/mol. The Balaban J connectivity index is 1.32. The number of benzene rings is 2. The summed E-state index contributed by atoms with van der Waals surface area (Å²) in [5.41, 5.74) is 2.52. The fourth-order valence-electron chi connectivity index (χ4n) is 2.92. The zero-order valence-electron chi connectivity index (χ0n) is 14.4. The van der Waals surface area contributed by atoms with Crippen LogP contribution in [-0.2, 0) is 17.8 Å². The minimum atomic E-state index is -0.368. The van der Waals surface area contributed by atoms with Gasteiger partial charge in [-0.3, -0.25) is 4.90 Å². The molecule has 132 valence electrons. The van der Waals surface area contributed by atoms with Crippen LogP contribution in [0.3, 0.4) is 0 Å². The van der Waals surface area contributed by atoms with E-state index in [2.05, 4.69) is 46.6 Å². The van der Waals surface area contributed by atoms with E-state index in [4.69, 9.17) is 4.84 Å². The second-order valence-corrected chi connectivity index (χ2v) is 6.23. The van der Waals surface area contributed by atoms with Crippen molar-refractivity contribution < 1.29 is 9.63 Å².